The normalized spacial score (nSPS) is 11.2. The highest BCUT2D eigenvalue weighted by Gasteiger charge is 2.20. The maximum atomic E-state index is 14.1. The molecule has 0 aliphatic carbocycles. The minimum atomic E-state index is -0.905. The third-order valence-electron chi connectivity index (χ3n) is 5.16. The highest BCUT2D eigenvalue weighted by atomic mass is 35.5. The number of ether oxygens (including phenoxy) is 1. The fourth-order valence-corrected chi connectivity index (χ4v) is 3.70. The van der Waals surface area contributed by atoms with Gasteiger partial charge in [0.15, 0.2) is 17.2 Å². The molecule has 0 saturated heterocycles. The van der Waals surface area contributed by atoms with Crippen LogP contribution in [0.2, 0.25) is 5.02 Å². The van der Waals surface area contributed by atoms with E-state index in [0.29, 0.717) is 40.1 Å². The Morgan fingerprint density at radius 2 is 2.00 bits per heavy atom. The molecule has 0 aliphatic heterocycles. The molecule has 0 saturated carbocycles. The molecule has 0 bridgehead atoms. The van der Waals surface area contributed by atoms with Gasteiger partial charge in [0.05, 0.1) is 11.1 Å². The fraction of sp³-hybridized carbons (Fsp3) is 0.136. The van der Waals surface area contributed by atoms with Crippen LogP contribution < -0.4 is 15.7 Å². The third-order valence-corrected chi connectivity index (χ3v) is 5.49. The first-order chi connectivity index (χ1) is 16.9. The first-order valence-electron chi connectivity index (χ1n) is 10.4. The molecule has 178 valence electrons. The second-order valence-electron chi connectivity index (χ2n) is 7.47. The Bertz CT molecular complexity index is 1600. The van der Waals surface area contributed by atoms with Crippen LogP contribution >= 0.6 is 11.6 Å². The van der Waals surface area contributed by atoms with Crippen molar-refractivity contribution in [3.05, 3.63) is 75.9 Å². The Balaban J connectivity index is 1.54. The molecule has 0 spiro atoms. The van der Waals surface area contributed by atoms with Crippen LogP contribution in [0, 0.1) is 11.6 Å². The minimum absolute atomic E-state index is 0.207. The Kier molecular flexibility index (Phi) is 5.87. The highest BCUT2D eigenvalue weighted by molar-refractivity contribution is 6.33. The van der Waals surface area contributed by atoms with Gasteiger partial charge in [0.2, 0.25) is 0 Å². The van der Waals surface area contributed by atoms with Crippen LogP contribution in [0.5, 0.6) is 11.8 Å². The number of halogens is 3. The zero-order chi connectivity index (χ0) is 24.5. The summed E-state index contributed by atoms with van der Waals surface area (Å²) in [5.74, 6) is -1.58. The van der Waals surface area contributed by atoms with Crippen molar-refractivity contribution in [2.75, 3.05) is 11.9 Å². The lowest BCUT2D eigenvalue weighted by Gasteiger charge is -2.11. The molecule has 5 aromatic rings. The molecular weight excluding hydrogens is 482 g/mol. The second kappa shape index (κ2) is 9.14. The first-order valence-corrected chi connectivity index (χ1v) is 10.7. The van der Waals surface area contributed by atoms with Crippen molar-refractivity contribution >= 4 is 28.5 Å². The zero-order valence-corrected chi connectivity index (χ0v) is 18.9. The van der Waals surface area contributed by atoms with Crippen molar-refractivity contribution in [3.8, 4) is 23.0 Å². The van der Waals surface area contributed by atoms with E-state index in [2.05, 4.69) is 30.6 Å². The van der Waals surface area contributed by atoms with Crippen molar-refractivity contribution in [1.82, 2.24) is 34.5 Å². The fourth-order valence-electron chi connectivity index (χ4n) is 3.47. The molecule has 13 heteroatoms. The molecule has 2 N–H and O–H groups in total. The van der Waals surface area contributed by atoms with Gasteiger partial charge in [-0.15, -0.1) is 0 Å². The van der Waals surface area contributed by atoms with Crippen molar-refractivity contribution < 1.29 is 13.5 Å². The number of nitrogens with one attached hydrogen (secondary N) is 2. The largest absolute Gasteiger partial charge is 0.421 e. The molecule has 0 atom stereocenters. The SMILES string of the molecule is Cn1ncn(CCNc2nc(Oc3ccc(F)cc3F)nc3n[nH]c(-c4ccccc4Cl)c23)c1=O. The summed E-state index contributed by atoms with van der Waals surface area (Å²) in [7, 11) is 1.56. The van der Waals surface area contributed by atoms with E-state index in [1.165, 1.54) is 15.6 Å². The number of hydrogen-bond donors (Lipinski definition) is 2. The number of aromatic amines is 1. The molecule has 0 radical (unpaired) electrons. The van der Waals surface area contributed by atoms with Crippen molar-refractivity contribution in [1.29, 1.82) is 0 Å². The number of aryl methyl sites for hydroxylation is 1. The summed E-state index contributed by atoms with van der Waals surface area (Å²) < 4.78 is 35.5. The van der Waals surface area contributed by atoms with Gasteiger partial charge in [-0.1, -0.05) is 29.8 Å². The lowest BCUT2D eigenvalue weighted by atomic mass is 10.1. The predicted octanol–water partition coefficient (Wildman–Crippen LogP) is 3.75. The van der Waals surface area contributed by atoms with Gasteiger partial charge < -0.3 is 10.1 Å². The Hall–Kier alpha value is -4.32. The van der Waals surface area contributed by atoms with Gasteiger partial charge >= 0.3 is 11.7 Å². The lowest BCUT2D eigenvalue weighted by Crippen LogP contribution is -2.25. The van der Waals surface area contributed by atoms with Crippen LogP contribution in [0.1, 0.15) is 0 Å². The number of aromatic nitrogens is 7. The third kappa shape index (κ3) is 4.43. The smallest absolute Gasteiger partial charge is 0.345 e. The van der Waals surface area contributed by atoms with E-state index in [-0.39, 0.29) is 29.6 Å². The van der Waals surface area contributed by atoms with Gasteiger partial charge in [0, 0.05) is 36.8 Å². The van der Waals surface area contributed by atoms with Gasteiger partial charge in [-0.2, -0.15) is 20.2 Å². The topological polar surface area (TPSA) is 116 Å². The molecule has 0 fully saturated rings. The van der Waals surface area contributed by atoms with E-state index in [0.717, 1.165) is 12.1 Å². The number of H-pyrrole nitrogens is 1. The zero-order valence-electron chi connectivity index (χ0n) is 18.2. The lowest BCUT2D eigenvalue weighted by molar-refractivity contribution is 0.410. The quantitative estimate of drug-likeness (QED) is 0.351. The Morgan fingerprint density at radius 1 is 1.17 bits per heavy atom. The van der Waals surface area contributed by atoms with E-state index in [1.807, 2.05) is 12.1 Å². The molecule has 2 aromatic carbocycles. The summed E-state index contributed by atoms with van der Waals surface area (Å²) >= 11 is 6.39. The summed E-state index contributed by atoms with van der Waals surface area (Å²) in [4.78, 5) is 20.7. The van der Waals surface area contributed by atoms with Crippen molar-refractivity contribution in [2.45, 2.75) is 6.54 Å². The van der Waals surface area contributed by atoms with E-state index in [1.54, 1.807) is 19.2 Å². The summed E-state index contributed by atoms with van der Waals surface area (Å²) in [6, 6.07) is 9.86. The molecule has 5 rings (SSSR count). The van der Waals surface area contributed by atoms with Crippen LogP contribution in [-0.2, 0) is 13.6 Å². The molecule has 35 heavy (non-hydrogen) atoms. The van der Waals surface area contributed by atoms with Crippen LogP contribution in [-0.4, -0.2) is 41.1 Å². The van der Waals surface area contributed by atoms with Crippen LogP contribution in [0.15, 0.2) is 53.6 Å². The van der Waals surface area contributed by atoms with Crippen LogP contribution in [0.3, 0.4) is 0 Å². The average Bonchev–Trinajstić information content (AvgIpc) is 3.40. The van der Waals surface area contributed by atoms with Gasteiger partial charge in [-0.05, 0) is 18.2 Å². The summed E-state index contributed by atoms with van der Waals surface area (Å²) in [6.07, 6.45) is 1.43. The highest BCUT2D eigenvalue weighted by Crippen LogP contribution is 2.35. The molecule has 0 aliphatic rings. The molecule has 3 aromatic heterocycles. The number of hydrogen-bond acceptors (Lipinski definition) is 7. The molecule has 10 nitrogen and oxygen atoms in total. The summed E-state index contributed by atoms with van der Waals surface area (Å²) in [5.41, 5.74) is 1.19. The molecule has 3 heterocycles. The van der Waals surface area contributed by atoms with Crippen LogP contribution in [0.4, 0.5) is 14.6 Å². The van der Waals surface area contributed by atoms with Gasteiger partial charge in [0.1, 0.15) is 18.0 Å². The molecule has 0 unspecified atom stereocenters. The monoisotopic (exact) mass is 498 g/mol. The van der Waals surface area contributed by atoms with E-state index < -0.39 is 11.6 Å². The van der Waals surface area contributed by atoms with Crippen molar-refractivity contribution in [2.24, 2.45) is 7.05 Å². The number of fused-ring (bicyclic) bond motifs is 1. The minimum Gasteiger partial charge on any atom is -0.421 e. The Morgan fingerprint density at radius 3 is 2.74 bits per heavy atom. The van der Waals surface area contributed by atoms with Gasteiger partial charge in [-0.25, -0.2) is 18.3 Å². The number of rotatable bonds is 7. The molecular formula is C22H17ClF2N8O2. The second-order valence-corrected chi connectivity index (χ2v) is 7.87. The van der Waals surface area contributed by atoms with Gasteiger partial charge in [-0.3, -0.25) is 9.67 Å². The molecule has 0 amide bonds. The van der Waals surface area contributed by atoms with Crippen LogP contribution in [0.25, 0.3) is 22.3 Å². The number of anilines is 1. The summed E-state index contributed by atoms with van der Waals surface area (Å²) in [6.45, 7) is 0.579. The maximum Gasteiger partial charge on any atom is 0.345 e. The Labute approximate surface area is 201 Å². The number of nitrogens with zero attached hydrogens (tertiary/aromatic N) is 6. The average molecular weight is 499 g/mol. The van der Waals surface area contributed by atoms with Gasteiger partial charge in [0.25, 0.3) is 0 Å². The summed E-state index contributed by atoms with van der Waals surface area (Å²) in [5, 5.41) is 15.2. The first kappa shape index (κ1) is 22.5. The van der Waals surface area contributed by atoms with E-state index >= 15 is 0 Å². The van der Waals surface area contributed by atoms with Crippen molar-refractivity contribution in [3.63, 3.8) is 0 Å². The number of benzene rings is 2. The van der Waals surface area contributed by atoms with E-state index in [4.69, 9.17) is 16.3 Å². The van der Waals surface area contributed by atoms with E-state index in [9.17, 15) is 13.6 Å². The predicted molar refractivity (Wildman–Crippen MR) is 125 cm³/mol. The maximum absolute atomic E-state index is 14.1. The standard InChI is InChI=1S/C22H17ClF2N8O2/c1-32-22(34)33(11-27-32)9-8-26-19-17-18(13-4-2-3-5-14(13)23)30-31-20(17)29-21(28-19)35-16-7-6-12(24)10-15(16)25/h2-7,10-11H,8-9H2,1H3,(H2,26,28,29,30,31).